The van der Waals surface area contributed by atoms with Crippen LogP contribution in [-0.2, 0) is 4.74 Å². The Kier molecular flexibility index (Phi) is 8.31. The number of carbonyl (C=O) groups excluding carboxylic acids is 1. The lowest BCUT2D eigenvalue weighted by Gasteiger charge is -2.33. The molecule has 1 amide bonds. The van der Waals surface area contributed by atoms with Crippen molar-refractivity contribution in [1.82, 2.24) is 4.90 Å². The van der Waals surface area contributed by atoms with E-state index in [1.807, 2.05) is 52.0 Å². The molecule has 1 saturated heterocycles. The molecule has 34 heavy (non-hydrogen) atoms. The molecule has 7 heteroatoms. The van der Waals surface area contributed by atoms with Crippen LogP contribution in [-0.4, -0.2) is 55.6 Å². The lowest BCUT2D eigenvalue weighted by Crippen LogP contribution is -2.42. The van der Waals surface area contributed by atoms with E-state index in [0.29, 0.717) is 37.1 Å². The molecule has 0 aliphatic carbocycles. The Bertz CT molecular complexity index is 976. The second-order valence-electron chi connectivity index (χ2n) is 9.76. The number of amides is 1. The van der Waals surface area contributed by atoms with Crippen LogP contribution < -0.4 is 14.2 Å². The predicted octanol–water partition coefficient (Wildman–Crippen LogP) is 5.12. The Balaban J connectivity index is 1.55. The van der Waals surface area contributed by atoms with Gasteiger partial charge in [-0.05, 0) is 87.4 Å². The van der Waals surface area contributed by atoms with Gasteiger partial charge in [-0.3, -0.25) is 0 Å². The molecule has 0 spiro atoms. The fourth-order valence-corrected chi connectivity index (χ4v) is 4.07. The quantitative estimate of drug-likeness (QED) is 0.604. The van der Waals surface area contributed by atoms with Gasteiger partial charge in [0.1, 0.15) is 17.5 Å². The minimum atomic E-state index is -0.786. The first kappa shape index (κ1) is 25.7. The van der Waals surface area contributed by atoms with Crippen molar-refractivity contribution in [1.29, 1.82) is 0 Å². The molecule has 0 radical (unpaired) electrons. The van der Waals surface area contributed by atoms with Gasteiger partial charge in [-0.15, -0.1) is 0 Å². The van der Waals surface area contributed by atoms with Crippen LogP contribution in [0.1, 0.15) is 56.4 Å². The molecule has 0 saturated carbocycles. The summed E-state index contributed by atoms with van der Waals surface area (Å²) in [6, 6.07) is 11.2. The molecule has 3 rings (SSSR count). The standard InChI is InChI=1S/C27H37NO6/c1-18-15-21(33-17-19-11-13-28(14-12-19)26(30)34-27(2,3)4)8-9-22(18)25(29)20-7-10-23(31-5)24(16-20)32-6/h7-10,15-16,19,25,29H,11-14,17H2,1-6H3. The van der Waals surface area contributed by atoms with Gasteiger partial charge in [-0.25, -0.2) is 4.79 Å². The van der Waals surface area contributed by atoms with Crippen molar-refractivity contribution in [2.75, 3.05) is 33.9 Å². The summed E-state index contributed by atoms with van der Waals surface area (Å²) in [5.41, 5.74) is 2.00. The third-order valence-corrected chi connectivity index (χ3v) is 6.01. The van der Waals surface area contributed by atoms with Gasteiger partial charge < -0.3 is 29.0 Å². The van der Waals surface area contributed by atoms with E-state index in [1.54, 1.807) is 31.3 Å². The Morgan fingerprint density at radius 1 is 1.06 bits per heavy atom. The lowest BCUT2D eigenvalue weighted by atomic mass is 9.96. The van der Waals surface area contributed by atoms with Crippen LogP contribution in [0.5, 0.6) is 17.2 Å². The molecule has 1 fully saturated rings. The maximum Gasteiger partial charge on any atom is 0.410 e. The zero-order valence-corrected chi connectivity index (χ0v) is 21.1. The molecule has 0 aromatic heterocycles. The van der Waals surface area contributed by atoms with Crippen LogP contribution >= 0.6 is 0 Å². The molecule has 0 bridgehead atoms. The molecule has 1 N–H and O–H groups in total. The summed E-state index contributed by atoms with van der Waals surface area (Å²) in [5, 5.41) is 10.9. The minimum absolute atomic E-state index is 0.244. The number of ether oxygens (including phenoxy) is 4. The Hall–Kier alpha value is -2.93. The molecule has 2 aromatic rings. The number of benzene rings is 2. The zero-order valence-electron chi connectivity index (χ0n) is 21.1. The van der Waals surface area contributed by atoms with Gasteiger partial charge >= 0.3 is 6.09 Å². The summed E-state index contributed by atoms with van der Waals surface area (Å²) in [5.74, 6) is 2.36. The Labute approximate surface area is 202 Å². The highest BCUT2D eigenvalue weighted by atomic mass is 16.6. The van der Waals surface area contributed by atoms with Crippen LogP contribution in [0.2, 0.25) is 0 Å². The van der Waals surface area contributed by atoms with E-state index in [9.17, 15) is 9.90 Å². The number of rotatable bonds is 7. The van der Waals surface area contributed by atoms with E-state index in [1.165, 1.54) is 0 Å². The van der Waals surface area contributed by atoms with Crippen molar-refractivity contribution in [3.05, 3.63) is 53.1 Å². The molecule has 1 heterocycles. The van der Waals surface area contributed by atoms with Gasteiger partial charge in [0.25, 0.3) is 0 Å². The molecule has 2 aromatic carbocycles. The first-order valence-corrected chi connectivity index (χ1v) is 11.7. The predicted molar refractivity (Wildman–Crippen MR) is 131 cm³/mol. The second-order valence-corrected chi connectivity index (χ2v) is 9.76. The number of methoxy groups -OCH3 is 2. The van der Waals surface area contributed by atoms with Gasteiger partial charge in [0.2, 0.25) is 0 Å². The summed E-state index contributed by atoms with van der Waals surface area (Å²) in [7, 11) is 3.16. The highest BCUT2D eigenvalue weighted by Crippen LogP contribution is 2.34. The first-order valence-electron chi connectivity index (χ1n) is 11.7. The smallest absolute Gasteiger partial charge is 0.410 e. The average molecular weight is 472 g/mol. The Morgan fingerprint density at radius 3 is 2.32 bits per heavy atom. The van der Waals surface area contributed by atoms with E-state index < -0.39 is 11.7 Å². The van der Waals surface area contributed by atoms with E-state index in [-0.39, 0.29) is 6.09 Å². The molecular formula is C27H37NO6. The third kappa shape index (κ3) is 6.56. The second kappa shape index (κ2) is 11.0. The van der Waals surface area contributed by atoms with E-state index in [0.717, 1.165) is 35.3 Å². The van der Waals surface area contributed by atoms with Crippen molar-refractivity contribution < 1.29 is 28.8 Å². The van der Waals surface area contributed by atoms with Gasteiger partial charge in [0.15, 0.2) is 11.5 Å². The number of piperidine rings is 1. The number of aliphatic hydroxyl groups is 1. The Morgan fingerprint density at radius 2 is 1.74 bits per heavy atom. The molecule has 1 unspecified atom stereocenters. The molecule has 7 nitrogen and oxygen atoms in total. The van der Waals surface area contributed by atoms with E-state index >= 15 is 0 Å². The monoisotopic (exact) mass is 471 g/mol. The molecule has 1 aliphatic heterocycles. The number of likely N-dealkylation sites (tertiary alicyclic amines) is 1. The third-order valence-electron chi connectivity index (χ3n) is 6.01. The largest absolute Gasteiger partial charge is 0.493 e. The van der Waals surface area contributed by atoms with Crippen LogP contribution in [0, 0.1) is 12.8 Å². The number of carbonyl (C=O) groups is 1. The maximum atomic E-state index is 12.2. The van der Waals surface area contributed by atoms with Crippen LogP contribution in [0.25, 0.3) is 0 Å². The van der Waals surface area contributed by atoms with Crippen molar-refractivity contribution in [2.45, 2.75) is 52.2 Å². The van der Waals surface area contributed by atoms with Gasteiger partial charge in [-0.1, -0.05) is 12.1 Å². The van der Waals surface area contributed by atoms with E-state index in [2.05, 4.69) is 0 Å². The van der Waals surface area contributed by atoms with Gasteiger partial charge in [0, 0.05) is 13.1 Å². The number of hydrogen-bond acceptors (Lipinski definition) is 6. The maximum absolute atomic E-state index is 12.2. The fourth-order valence-electron chi connectivity index (χ4n) is 4.07. The van der Waals surface area contributed by atoms with Crippen molar-refractivity contribution in [2.24, 2.45) is 5.92 Å². The lowest BCUT2D eigenvalue weighted by molar-refractivity contribution is 0.0165. The molecule has 186 valence electrons. The van der Waals surface area contributed by atoms with Crippen molar-refractivity contribution >= 4 is 6.09 Å². The number of aliphatic hydroxyl groups excluding tert-OH is 1. The summed E-state index contributed by atoms with van der Waals surface area (Å²) in [6.07, 6.45) is 0.736. The zero-order chi connectivity index (χ0) is 24.9. The summed E-state index contributed by atoms with van der Waals surface area (Å²) in [4.78, 5) is 14.0. The number of nitrogens with zero attached hydrogens (tertiary/aromatic N) is 1. The van der Waals surface area contributed by atoms with Crippen molar-refractivity contribution in [3.8, 4) is 17.2 Å². The topological polar surface area (TPSA) is 77.5 Å². The molecule has 1 aliphatic rings. The summed E-state index contributed by atoms with van der Waals surface area (Å²) < 4.78 is 22.2. The van der Waals surface area contributed by atoms with E-state index in [4.69, 9.17) is 18.9 Å². The fraction of sp³-hybridized carbons (Fsp3) is 0.519. The van der Waals surface area contributed by atoms with Gasteiger partial charge in [-0.2, -0.15) is 0 Å². The summed E-state index contributed by atoms with van der Waals surface area (Å²) in [6.45, 7) is 9.56. The normalized spacial score (nSPS) is 15.6. The van der Waals surface area contributed by atoms with Gasteiger partial charge in [0.05, 0.1) is 20.8 Å². The van der Waals surface area contributed by atoms with Crippen LogP contribution in [0.15, 0.2) is 36.4 Å². The summed E-state index contributed by atoms with van der Waals surface area (Å²) >= 11 is 0. The van der Waals surface area contributed by atoms with Crippen molar-refractivity contribution in [3.63, 3.8) is 0 Å². The number of aryl methyl sites for hydroxylation is 1. The average Bonchev–Trinajstić information content (AvgIpc) is 2.81. The molecular weight excluding hydrogens is 434 g/mol. The highest BCUT2D eigenvalue weighted by Gasteiger charge is 2.27. The van der Waals surface area contributed by atoms with Crippen LogP contribution in [0.3, 0.4) is 0 Å². The molecule has 1 atom stereocenters. The van der Waals surface area contributed by atoms with Crippen LogP contribution in [0.4, 0.5) is 4.79 Å². The minimum Gasteiger partial charge on any atom is -0.493 e. The highest BCUT2D eigenvalue weighted by molar-refractivity contribution is 5.68. The number of hydrogen-bond donors (Lipinski definition) is 1. The first-order chi connectivity index (χ1) is 16.1. The SMILES string of the molecule is COc1ccc(C(O)c2ccc(OCC3CCN(C(=O)OC(C)(C)C)CC3)cc2C)cc1OC.